The fourth-order valence-electron chi connectivity index (χ4n) is 1.73. The molecule has 2 N–H and O–H groups in total. The van der Waals surface area contributed by atoms with Gasteiger partial charge in [0.1, 0.15) is 6.26 Å². The molecule has 0 aliphatic carbocycles. The molecular weight excluding hydrogens is 166 g/mol. The van der Waals surface area contributed by atoms with Gasteiger partial charge in [0.2, 0.25) is 0 Å². The predicted molar refractivity (Wildman–Crippen MR) is 50.5 cm³/mol. The first-order valence-electron chi connectivity index (χ1n) is 4.74. The molecule has 4 nitrogen and oxygen atoms in total. The van der Waals surface area contributed by atoms with Crippen LogP contribution in [0, 0.1) is 5.92 Å². The second-order valence-corrected chi connectivity index (χ2v) is 3.48. The summed E-state index contributed by atoms with van der Waals surface area (Å²) in [4.78, 5) is 6.29. The molecule has 2 heterocycles. The fourth-order valence-corrected chi connectivity index (χ4v) is 1.73. The highest BCUT2D eigenvalue weighted by Gasteiger charge is 2.20. The van der Waals surface area contributed by atoms with Crippen molar-refractivity contribution in [1.82, 2.24) is 4.98 Å². The molecule has 13 heavy (non-hydrogen) atoms. The molecule has 1 saturated heterocycles. The fraction of sp³-hybridized carbons (Fsp3) is 0.667. The summed E-state index contributed by atoms with van der Waals surface area (Å²) in [6.45, 7) is 2.84. The van der Waals surface area contributed by atoms with Gasteiger partial charge in [-0.1, -0.05) is 0 Å². The van der Waals surface area contributed by atoms with E-state index in [1.807, 2.05) is 0 Å². The van der Waals surface area contributed by atoms with E-state index < -0.39 is 0 Å². The van der Waals surface area contributed by atoms with Gasteiger partial charge in [-0.2, -0.15) is 0 Å². The number of hydrogen-bond acceptors (Lipinski definition) is 4. The van der Waals surface area contributed by atoms with Crippen LogP contribution in [0.3, 0.4) is 0 Å². The Morgan fingerprint density at radius 3 is 2.85 bits per heavy atom. The van der Waals surface area contributed by atoms with Crippen LogP contribution in [0.15, 0.2) is 16.9 Å². The lowest BCUT2D eigenvalue weighted by Crippen LogP contribution is -2.36. The summed E-state index contributed by atoms with van der Waals surface area (Å²) in [7, 11) is 0. The summed E-state index contributed by atoms with van der Waals surface area (Å²) < 4.78 is 5.23. The van der Waals surface area contributed by atoms with Crippen molar-refractivity contribution in [3.63, 3.8) is 0 Å². The molecule has 0 amide bonds. The number of nitrogens with zero attached hydrogens (tertiary/aromatic N) is 2. The van der Waals surface area contributed by atoms with Gasteiger partial charge in [0.05, 0.1) is 6.20 Å². The number of rotatable bonds is 2. The van der Waals surface area contributed by atoms with Gasteiger partial charge >= 0.3 is 0 Å². The molecule has 0 unspecified atom stereocenters. The first-order chi connectivity index (χ1) is 6.40. The van der Waals surface area contributed by atoms with Crippen LogP contribution < -0.4 is 10.6 Å². The average Bonchev–Trinajstić information content (AvgIpc) is 2.71. The van der Waals surface area contributed by atoms with E-state index in [9.17, 15) is 0 Å². The van der Waals surface area contributed by atoms with E-state index in [0.29, 0.717) is 5.92 Å². The van der Waals surface area contributed by atoms with Crippen LogP contribution in [0.25, 0.3) is 0 Å². The molecule has 1 aromatic rings. The molecule has 0 saturated carbocycles. The number of hydrogen-bond donors (Lipinski definition) is 1. The van der Waals surface area contributed by atoms with Crippen LogP contribution in [0.4, 0.5) is 6.01 Å². The molecule has 0 aromatic carbocycles. The summed E-state index contributed by atoms with van der Waals surface area (Å²) in [5.41, 5.74) is 5.61. The van der Waals surface area contributed by atoms with E-state index >= 15 is 0 Å². The summed E-state index contributed by atoms with van der Waals surface area (Å²) in [6, 6.07) is 0.746. The first kappa shape index (κ1) is 8.56. The predicted octanol–water partition coefficient (Wildman–Crippen LogP) is 0.850. The Morgan fingerprint density at radius 2 is 2.31 bits per heavy atom. The van der Waals surface area contributed by atoms with E-state index in [1.54, 1.807) is 12.5 Å². The number of anilines is 1. The Hall–Kier alpha value is -1.03. The van der Waals surface area contributed by atoms with Crippen molar-refractivity contribution in [2.75, 3.05) is 24.5 Å². The van der Waals surface area contributed by atoms with E-state index in [-0.39, 0.29) is 0 Å². The Labute approximate surface area is 77.7 Å². The second kappa shape index (κ2) is 3.79. The maximum atomic E-state index is 5.61. The first-order valence-corrected chi connectivity index (χ1v) is 4.74. The number of nitrogens with two attached hydrogens (primary N) is 1. The molecule has 1 aromatic heterocycles. The van der Waals surface area contributed by atoms with E-state index in [1.165, 1.54) is 0 Å². The average molecular weight is 181 g/mol. The minimum Gasteiger partial charge on any atom is -0.432 e. The Balaban J connectivity index is 1.92. The number of piperidine rings is 1. The Kier molecular flexibility index (Phi) is 2.49. The molecular formula is C9H15N3O. The lowest BCUT2D eigenvalue weighted by atomic mass is 9.97. The SMILES string of the molecule is NCC1CCN(c2ncco2)CC1. The normalized spacial score (nSPS) is 19.3. The summed E-state index contributed by atoms with van der Waals surface area (Å²) >= 11 is 0. The lowest BCUT2D eigenvalue weighted by molar-refractivity contribution is 0.394. The third kappa shape index (κ3) is 1.83. The standard InChI is InChI=1S/C9H15N3O/c10-7-8-1-4-12(5-2-8)9-11-3-6-13-9/h3,6,8H,1-2,4-5,7,10H2. The highest BCUT2D eigenvalue weighted by atomic mass is 16.4. The Morgan fingerprint density at radius 1 is 1.54 bits per heavy atom. The largest absolute Gasteiger partial charge is 0.432 e. The van der Waals surface area contributed by atoms with Crippen LogP contribution >= 0.6 is 0 Å². The van der Waals surface area contributed by atoms with Gasteiger partial charge in [0.25, 0.3) is 6.01 Å². The third-order valence-corrected chi connectivity index (χ3v) is 2.64. The monoisotopic (exact) mass is 181 g/mol. The highest BCUT2D eigenvalue weighted by Crippen LogP contribution is 2.20. The van der Waals surface area contributed by atoms with E-state index in [0.717, 1.165) is 38.5 Å². The lowest BCUT2D eigenvalue weighted by Gasteiger charge is -2.29. The molecule has 1 fully saturated rings. The summed E-state index contributed by atoms with van der Waals surface area (Å²) in [5, 5.41) is 0. The van der Waals surface area contributed by atoms with Crippen molar-refractivity contribution in [2.24, 2.45) is 11.7 Å². The molecule has 1 aliphatic heterocycles. The van der Waals surface area contributed by atoms with Crippen LogP contribution in [-0.2, 0) is 0 Å². The molecule has 0 atom stereocenters. The minimum atomic E-state index is 0.686. The van der Waals surface area contributed by atoms with Gasteiger partial charge in [0.15, 0.2) is 0 Å². The number of oxazole rings is 1. The van der Waals surface area contributed by atoms with Crippen molar-refractivity contribution < 1.29 is 4.42 Å². The third-order valence-electron chi connectivity index (χ3n) is 2.64. The van der Waals surface area contributed by atoms with Crippen molar-refractivity contribution in [1.29, 1.82) is 0 Å². The van der Waals surface area contributed by atoms with Gasteiger partial charge in [-0.3, -0.25) is 0 Å². The zero-order valence-corrected chi connectivity index (χ0v) is 7.65. The van der Waals surface area contributed by atoms with Gasteiger partial charge in [-0.25, -0.2) is 4.98 Å². The van der Waals surface area contributed by atoms with E-state index in [2.05, 4.69) is 9.88 Å². The number of aromatic nitrogens is 1. The molecule has 1 aliphatic rings. The van der Waals surface area contributed by atoms with Crippen LogP contribution in [0.1, 0.15) is 12.8 Å². The van der Waals surface area contributed by atoms with Gasteiger partial charge < -0.3 is 15.1 Å². The molecule has 2 rings (SSSR count). The van der Waals surface area contributed by atoms with Crippen molar-refractivity contribution >= 4 is 6.01 Å². The highest BCUT2D eigenvalue weighted by molar-refractivity contribution is 5.25. The smallest absolute Gasteiger partial charge is 0.297 e. The van der Waals surface area contributed by atoms with Crippen LogP contribution in [0.2, 0.25) is 0 Å². The molecule has 0 radical (unpaired) electrons. The zero-order valence-electron chi connectivity index (χ0n) is 7.65. The van der Waals surface area contributed by atoms with Gasteiger partial charge in [-0.15, -0.1) is 0 Å². The van der Waals surface area contributed by atoms with Crippen molar-refractivity contribution in [3.05, 3.63) is 12.5 Å². The van der Waals surface area contributed by atoms with Gasteiger partial charge in [-0.05, 0) is 25.3 Å². The van der Waals surface area contributed by atoms with E-state index in [4.69, 9.17) is 10.2 Å². The van der Waals surface area contributed by atoms with Crippen LogP contribution in [0.5, 0.6) is 0 Å². The molecule has 0 spiro atoms. The quantitative estimate of drug-likeness (QED) is 0.735. The topological polar surface area (TPSA) is 55.3 Å². The Bertz CT molecular complexity index is 239. The van der Waals surface area contributed by atoms with Gasteiger partial charge in [0, 0.05) is 13.1 Å². The molecule has 0 bridgehead atoms. The van der Waals surface area contributed by atoms with Crippen molar-refractivity contribution in [3.8, 4) is 0 Å². The maximum Gasteiger partial charge on any atom is 0.297 e. The second-order valence-electron chi connectivity index (χ2n) is 3.48. The van der Waals surface area contributed by atoms with Crippen molar-refractivity contribution in [2.45, 2.75) is 12.8 Å². The molecule has 4 heteroatoms. The zero-order chi connectivity index (χ0) is 9.10. The molecule has 72 valence electrons. The minimum absolute atomic E-state index is 0.686. The maximum absolute atomic E-state index is 5.61. The summed E-state index contributed by atoms with van der Waals surface area (Å²) in [6.07, 6.45) is 5.60. The summed E-state index contributed by atoms with van der Waals surface area (Å²) in [5.74, 6) is 0.686. The van der Waals surface area contributed by atoms with Crippen LogP contribution in [-0.4, -0.2) is 24.6 Å².